The van der Waals surface area contributed by atoms with Crippen LogP contribution in [0.15, 0.2) is 0 Å². The van der Waals surface area contributed by atoms with Gasteiger partial charge in [-0.2, -0.15) is 0 Å². The molecule has 0 saturated heterocycles. The Bertz CT molecular complexity index is 124. The molecule has 1 aliphatic carbocycles. The lowest BCUT2D eigenvalue weighted by Crippen LogP contribution is -2.33. The summed E-state index contributed by atoms with van der Waals surface area (Å²) >= 11 is 0. The van der Waals surface area contributed by atoms with Crippen LogP contribution in [0.2, 0.25) is 0 Å². The van der Waals surface area contributed by atoms with Crippen molar-refractivity contribution in [2.45, 2.75) is 50.7 Å². The van der Waals surface area contributed by atoms with Crippen LogP contribution in [0.4, 0.5) is 0 Å². The molecule has 1 saturated carbocycles. The third-order valence-corrected chi connectivity index (χ3v) is 2.73. The summed E-state index contributed by atoms with van der Waals surface area (Å²) in [5.41, 5.74) is 0. The molecule has 0 spiro atoms. The number of aliphatic hydroxyl groups excluding tert-OH is 2. The van der Waals surface area contributed by atoms with Crippen molar-refractivity contribution in [2.75, 3.05) is 13.2 Å². The molecule has 1 fully saturated rings. The first-order chi connectivity index (χ1) is 6.33. The highest BCUT2D eigenvalue weighted by molar-refractivity contribution is 4.72. The van der Waals surface area contributed by atoms with E-state index in [1.54, 1.807) is 0 Å². The smallest absolute Gasteiger partial charge is 0.0783 e. The van der Waals surface area contributed by atoms with Crippen LogP contribution < -0.4 is 5.32 Å². The molecule has 13 heavy (non-hydrogen) atoms. The summed E-state index contributed by atoms with van der Waals surface area (Å²) in [7, 11) is 0. The van der Waals surface area contributed by atoms with E-state index in [2.05, 4.69) is 5.32 Å². The lowest BCUT2D eigenvalue weighted by Gasteiger charge is -2.23. The van der Waals surface area contributed by atoms with Gasteiger partial charge in [0.15, 0.2) is 0 Å². The highest BCUT2D eigenvalue weighted by atomic mass is 16.3. The minimum absolute atomic E-state index is 0.119. The molecule has 0 amide bonds. The maximum Gasteiger partial charge on any atom is 0.0783 e. The average Bonchev–Trinajstić information content (AvgIpc) is 2.19. The third-order valence-electron chi connectivity index (χ3n) is 2.73. The maximum absolute atomic E-state index is 9.10. The Balaban J connectivity index is 1.98. The highest BCUT2D eigenvalue weighted by Gasteiger charge is 2.12. The molecule has 78 valence electrons. The molecular formula is C10H21NO2. The summed E-state index contributed by atoms with van der Waals surface area (Å²) in [6.07, 6.45) is 6.70. The zero-order valence-electron chi connectivity index (χ0n) is 8.21. The molecule has 0 aromatic rings. The van der Waals surface area contributed by atoms with E-state index in [1.165, 1.54) is 32.1 Å². The van der Waals surface area contributed by atoms with Crippen LogP contribution in [0.25, 0.3) is 0 Å². The van der Waals surface area contributed by atoms with Crippen molar-refractivity contribution in [2.24, 2.45) is 0 Å². The maximum atomic E-state index is 9.10. The predicted molar refractivity (Wildman–Crippen MR) is 52.6 cm³/mol. The molecule has 1 atom stereocenters. The Hall–Kier alpha value is -0.120. The quantitative estimate of drug-likeness (QED) is 0.592. The van der Waals surface area contributed by atoms with Gasteiger partial charge in [0.2, 0.25) is 0 Å². The summed E-state index contributed by atoms with van der Waals surface area (Å²) in [6.45, 7) is 0.707. The Morgan fingerprint density at radius 2 is 1.92 bits per heavy atom. The highest BCUT2D eigenvalue weighted by Crippen LogP contribution is 2.17. The van der Waals surface area contributed by atoms with Crippen molar-refractivity contribution in [1.82, 2.24) is 5.32 Å². The predicted octanol–water partition coefficient (Wildman–Crippen LogP) is 0.652. The van der Waals surface area contributed by atoms with Gasteiger partial charge in [0.05, 0.1) is 12.7 Å². The molecular weight excluding hydrogens is 166 g/mol. The molecule has 3 N–H and O–H groups in total. The summed E-state index contributed by atoms with van der Waals surface area (Å²) in [6, 6.07) is 0.652. The number of hydrogen-bond acceptors (Lipinski definition) is 3. The standard InChI is InChI=1S/C10H21NO2/c12-8-10(13)6-7-11-9-4-2-1-3-5-9/h9-13H,1-8H2. The fraction of sp³-hybridized carbons (Fsp3) is 1.00. The molecule has 0 bridgehead atoms. The first kappa shape index (κ1) is 11.0. The average molecular weight is 187 g/mol. The van der Waals surface area contributed by atoms with E-state index >= 15 is 0 Å². The Morgan fingerprint density at radius 1 is 1.23 bits per heavy atom. The zero-order valence-corrected chi connectivity index (χ0v) is 8.21. The van der Waals surface area contributed by atoms with Crippen LogP contribution in [-0.4, -0.2) is 35.5 Å². The van der Waals surface area contributed by atoms with Crippen molar-refractivity contribution < 1.29 is 10.2 Å². The van der Waals surface area contributed by atoms with Crippen molar-refractivity contribution in [3.63, 3.8) is 0 Å². The van der Waals surface area contributed by atoms with E-state index in [0.717, 1.165) is 6.54 Å². The first-order valence-electron chi connectivity index (χ1n) is 5.35. The SMILES string of the molecule is OCC(O)CCNC1CCCCC1. The van der Waals surface area contributed by atoms with Gasteiger partial charge in [-0.25, -0.2) is 0 Å². The van der Waals surface area contributed by atoms with Gasteiger partial charge in [-0.05, 0) is 25.8 Å². The summed E-state index contributed by atoms with van der Waals surface area (Å²) < 4.78 is 0. The van der Waals surface area contributed by atoms with Crippen LogP contribution in [0.1, 0.15) is 38.5 Å². The molecule has 1 aliphatic rings. The number of aliphatic hydroxyl groups is 2. The van der Waals surface area contributed by atoms with Crippen molar-refractivity contribution >= 4 is 0 Å². The fourth-order valence-corrected chi connectivity index (χ4v) is 1.85. The van der Waals surface area contributed by atoms with E-state index in [-0.39, 0.29) is 6.61 Å². The van der Waals surface area contributed by atoms with Crippen molar-refractivity contribution in [3.05, 3.63) is 0 Å². The number of rotatable bonds is 5. The summed E-state index contributed by atoms with van der Waals surface area (Å²) in [4.78, 5) is 0. The van der Waals surface area contributed by atoms with Gasteiger partial charge in [-0.3, -0.25) is 0 Å². The minimum Gasteiger partial charge on any atom is -0.394 e. The third kappa shape index (κ3) is 4.60. The Labute approximate surface area is 80.2 Å². The second-order valence-corrected chi connectivity index (χ2v) is 3.91. The second kappa shape index (κ2) is 6.35. The summed E-state index contributed by atoms with van der Waals surface area (Å²) in [5, 5.41) is 21.1. The molecule has 0 aromatic carbocycles. The van der Waals surface area contributed by atoms with E-state index in [9.17, 15) is 0 Å². The molecule has 0 aliphatic heterocycles. The normalized spacial score (nSPS) is 21.7. The van der Waals surface area contributed by atoms with E-state index in [4.69, 9.17) is 10.2 Å². The molecule has 1 rings (SSSR count). The number of nitrogens with one attached hydrogen (secondary N) is 1. The van der Waals surface area contributed by atoms with Gasteiger partial charge >= 0.3 is 0 Å². The van der Waals surface area contributed by atoms with Crippen molar-refractivity contribution in [3.8, 4) is 0 Å². The molecule has 0 heterocycles. The van der Waals surface area contributed by atoms with Crippen LogP contribution >= 0.6 is 0 Å². The lowest BCUT2D eigenvalue weighted by molar-refractivity contribution is 0.0872. The van der Waals surface area contributed by atoms with Crippen LogP contribution in [0.3, 0.4) is 0 Å². The van der Waals surface area contributed by atoms with E-state index in [1.807, 2.05) is 0 Å². The Kier molecular flexibility index (Phi) is 5.35. The first-order valence-corrected chi connectivity index (χ1v) is 5.35. The van der Waals surface area contributed by atoms with Crippen molar-refractivity contribution in [1.29, 1.82) is 0 Å². The van der Waals surface area contributed by atoms with Crippen LogP contribution in [0, 0.1) is 0 Å². The van der Waals surface area contributed by atoms with Gasteiger partial charge in [0.25, 0.3) is 0 Å². The molecule has 3 nitrogen and oxygen atoms in total. The van der Waals surface area contributed by atoms with Gasteiger partial charge in [0.1, 0.15) is 0 Å². The molecule has 1 unspecified atom stereocenters. The molecule has 0 aromatic heterocycles. The lowest BCUT2D eigenvalue weighted by atomic mass is 9.95. The Morgan fingerprint density at radius 3 is 2.54 bits per heavy atom. The van der Waals surface area contributed by atoms with Gasteiger partial charge in [-0.1, -0.05) is 19.3 Å². The van der Waals surface area contributed by atoms with Crippen LogP contribution in [-0.2, 0) is 0 Å². The van der Waals surface area contributed by atoms with Crippen LogP contribution in [0.5, 0.6) is 0 Å². The second-order valence-electron chi connectivity index (χ2n) is 3.91. The van der Waals surface area contributed by atoms with Gasteiger partial charge in [0, 0.05) is 6.04 Å². The molecule has 0 radical (unpaired) electrons. The zero-order chi connectivity index (χ0) is 9.52. The largest absolute Gasteiger partial charge is 0.394 e. The number of hydrogen-bond donors (Lipinski definition) is 3. The minimum atomic E-state index is -0.545. The fourth-order valence-electron chi connectivity index (χ4n) is 1.85. The monoisotopic (exact) mass is 187 g/mol. The topological polar surface area (TPSA) is 52.5 Å². The summed E-state index contributed by atoms with van der Waals surface area (Å²) in [5.74, 6) is 0. The van der Waals surface area contributed by atoms with E-state index < -0.39 is 6.10 Å². The molecule has 3 heteroatoms. The van der Waals surface area contributed by atoms with E-state index in [0.29, 0.717) is 12.5 Å². The van der Waals surface area contributed by atoms with Gasteiger partial charge < -0.3 is 15.5 Å². The van der Waals surface area contributed by atoms with Gasteiger partial charge in [-0.15, -0.1) is 0 Å².